The Balaban J connectivity index is 2.99. The molecule has 0 aliphatic carbocycles. The molecule has 0 unspecified atom stereocenters. The fourth-order valence-electron chi connectivity index (χ4n) is 2.42. The summed E-state index contributed by atoms with van der Waals surface area (Å²) in [5.41, 5.74) is 0. The Morgan fingerprint density at radius 2 is 1.11 bits per heavy atom. The Hall–Kier alpha value is -0.590. The molecule has 0 aliphatic rings. The minimum Gasteiger partial charge on any atom is -0.295 e. The standard InChI is InChI=1S/C18H34O/c1-3-5-6-7-8-9-10-11-12-13-14-15-16-17-18(19)4-2/h4H,2-3,5-17H2,1H3. The van der Waals surface area contributed by atoms with E-state index in [1.165, 1.54) is 83.1 Å². The van der Waals surface area contributed by atoms with E-state index in [1.807, 2.05) is 0 Å². The number of hydrogen-bond donors (Lipinski definition) is 0. The van der Waals surface area contributed by atoms with Crippen LogP contribution in [0.25, 0.3) is 0 Å². The van der Waals surface area contributed by atoms with Gasteiger partial charge in [0.1, 0.15) is 0 Å². The minimum atomic E-state index is 0.197. The van der Waals surface area contributed by atoms with Crippen molar-refractivity contribution in [3.05, 3.63) is 12.7 Å². The van der Waals surface area contributed by atoms with Crippen LogP contribution in [0.15, 0.2) is 12.7 Å². The van der Waals surface area contributed by atoms with E-state index in [4.69, 9.17) is 0 Å². The van der Waals surface area contributed by atoms with Crippen LogP contribution in [0.1, 0.15) is 96.8 Å². The quantitative estimate of drug-likeness (QED) is 0.254. The molecule has 1 nitrogen and oxygen atoms in total. The molecule has 0 amide bonds. The lowest BCUT2D eigenvalue weighted by Crippen LogP contribution is -1.91. The third-order valence-corrected chi connectivity index (χ3v) is 3.75. The van der Waals surface area contributed by atoms with Gasteiger partial charge in [-0.15, -0.1) is 0 Å². The highest BCUT2D eigenvalue weighted by molar-refractivity contribution is 5.88. The molecule has 1 heteroatoms. The van der Waals surface area contributed by atoms with Crippen LogP contribution in [-0.2, 0) is 4.79 Å². The van der Waals surface area contributed by atoms with Gasteiger partial charge in [0.15, 0.2) is 5.78 Å². The predicted molar refractivity (Wildman–Crippen MR) is 85.5 cm³/mol. The summed E-state index contributed by atoms with van der Waals surface area (Å²) >= 11 is 0. The first kappa shape index (κ1) is 18.4. The van der Waals surface area contributed by atoms with Gasteiger partial charge in [0.2, 0.25) is 0 Å². The Morgan fingerprint density at radius 3 is 1.47 bits per heavy atom. The lowest BCUT2D eigenvalue weighted by atomic mass is 10.0. The lowest BCUT2D eigenvalue weighted by molar-refractivity contribution is -0.114. The monoisotopic (exact) mass is 266 g/mol. The highest BCUT2D eigenvalue weighted by atomic mass is 16.1. The first-order chi connectivity index (χ1) is 9.31. The summed E-state index contributed by atoms with van der Waals surface area (Å²) in [6.07, 6.45) is 19.7. The maximum Gasteiger partial charge on any atom is 0.155 e. The van der Waals surface area contributed by atoms with Crippen LogP contribution < -0.4 is 0 Å². The van der Waals surface area contributed by atoms with Gasteiger partial charge >= 0.3 is 0 Å². The normalized spacial score (nSPS) is 10.6. The highest BCUT2D eigenvalue weighted by Gasteiger charge is 1.96. The van der Waals surface area contributed by atoms with Gasteiger partial charge in [-0.3, -0.25) is 4.79 Å². The predicted octanol–water partition coefficient (Wildman–Crippen LogP) is 6.22. The fraction of sp³-hybridized carbons (Fsp3) is 0.833. The number of hydrogen-bond acceptors (Lipinski definition) is 1. The molecule has 19 heavy (non-hydrogen) atoms. The molecule has 0 aromatic rings. The van der Waals surface area contributed by atoms with Crippen molar-refractivity contribution in [2.75, 3.05) is 0 Å². The van der Waals surface area contributed by atoms with E-state index in [0.717, 1.165) is 6.42 Å². The zero-order valence-electron chi connectivity index (χ0n) is 13.1. The molecule has 0 spiro atoms. The molecule has 0 fully saturated rings. The van der Waals surface area contributed by atoms with Crippen LogP contribution >= 0.6 is 0 Å². The summed E-state index contributed by atoms with van der Waals surface area (Å²) in [6.45, 7) is 5.76. The van der Waals surface area contributed by atoms with Crippen molar-refractivity contribution in [2.24, 2.45) is 0 Å². The fourth-order valence-corrected chi connectivity index (χ4v) is 2.42. The van der Waals surface area contributed by atoms with Crippen LogP contribution in [0, 0.1) is 0 Å². The van der Waals surface area contributed by atoms with E-state index < -0.39 is 0 Å². The van der Waals surface area contributed by atoms with E-state index in [0.29, 0.717) is 6.42 Å². The molecule has 0 heterocycles. The third-order valence-electron chi connectivity index (χ3n) is 3.75. The molecular formula is C18H34O. The molecule has 0 rings (SSSR count). The molecule has 0 N–H and O–H groups in total. The van der Waals surface area contributed by atoms with E-state index in [-0.39, 0.29) is 5.78 Å². The summed E-state index contributed by atoms with van der Waals surface area (Å²) in [5, 5.41) is 0. The molecule has 0 saturated carbocycles. The highest BCUT2D eigenvalue weighted by Crippen LogP contribution is 2.12. The number of ketones is 1. The molecule has 112 valence electrons. The van der Waals surface area contributed by atoms with Crippen molar-refractivity contribution in [1.29, 1.82) is 0 Å². The van der Waals surface area contributed by atoms with Gasteiger partial charge < -0.3 is 0 Å². The van der Waals surface area contributed by atoms with Gasteiger partial charge in [0, 0.05) is 6.42 Å². The van der Waals surface area contributed by atoms with Crippen molar-refractivity contribution in [2.45, 2.75) is 96.8 Å². The van der Waals surface area contributed by atoms with Crippen LogP contribution in [0.4, 0.5) is 0 Å². The first-order valence-electron chi connectivity index (χ1n) is 8.46. The van der Waals surface area contributed by atoms with Crippen molar-refractivity contribution < 1.29 is 4.79 Å². The second kappa shape index (κ2) is 15.5. The van der Waals surface area contributed by atoms with Gasteiger partial charge in [-0.1, -0.05) is 90.6 Å². The summed E-state index contributed by atoms with van der Waals surface area (Å²) in [5.74, 6) is 0.197. The summed E-state index contributed by atoms with van der Waals surface area (Å²) in [7, 11) is 0. The number of unbranched alkanes of at least 4 members (excludes halogenated alkanes) is 12. The first-order valence-corrected chi connectivity index (χ1v) is 8.46. The van der Waals surface area contributed by atoms with Crippen molar-refractivity contribution in [3.8, 4) is 0 Å². The average molecular weight is 266 g/mol. The van der Waals surface area contributed by atoms with E-state index in [1.54, 1.807) is 0 Å². The summed E-state index contributed by atoms with van der Waals surface area (Å²) < 4.78 is 0. The minimum absolute atomic E-state index is 0.197. The Kier molecular flexibility index (Phi) is 15.0. The Morgan fingerprint density at radius 1 is 0.737 bits per heavy atom. The summed E-state index contributed by atoms with van der Waals surface area (Å²) in [6, 6.07) is 0. The van der Waals surface area contributed by atoms with Gasteiger partial charge in [-0.25, -0.2) is 0 Å². The van der Waals surface area contributed by atoms with E-state index >= 15 is 0 Å². The molecule has 0 aromatic heterocycles. The maximum atomic E-state index is 11.0. The van der Waals surface area contributed by atoms with Crippen LogP contribution in [0.5, 0.6) is 0 Å². The largest absolute Gasteiger partial charge is 0.295 e. The van der Waals surface area contributed by atoms with Crippen LogP contribution in [0.3, 0.4) is 0 Å². The summed E-state index contributed by atoms with van der Waals surface area (Å²) in [4.78, 5) is 11.0. The van der Waals surface area contributed by atoms with Gasteiger partial charge in [-0.2, -0.15) is 0 Å². The number of carbonyl (C=O) groups excluding carboxylic acids is 1. The van der Waals surface area contributed by atoms with Gasteiger partial charge in [0.25, 0.3) is 0 Å². The second-order valence-electron chi connectivity index (χ2n) is 5.66. The molecule has 0 aromatic carbocycles. The van der Waals surface area contributed by atoms with E-state index in [2.05, 4.69) is 13.5 Å². The molecule has 0 atom stereocenters. The van der Waals surface area contributed by atoms with Gasteiger partial charge in [-0.05, 0) is 12.5 Å². The van der Waals surface area contributed by atoms with E-state index in [9.17, 15) is 4.79 Å². The Bertz CT molecular complexity index is 208. The lowest BCUT2D eigenvalue weighted by Gasteiger charge is -2.02. The third kappa shape index (κ3) is 15.4. The molecule has 0 aliphatic heterocycles. The average Bonchev–Trinajstić information content (AvgIpc) is 2.43. The molecular weight excluding hydrogens is 232 g/mol. The number of carbonyl (C=O) groups is 1. The van der Waals surface area contributed by atoms with Crippen LogP contribution in [0.2, 0.25) is 0 Å². The zero-order chi connectivity index (χ0) is 14.2. The van der Waals surface area contributed by atoms with Crippen LogP contribution in [-0.4, -0.2) is 5.78 Å². The SMILES string of the molecule is C=CC(=O)CCCCCCCCCCCCCCC. The smallest absolute Gasteiger partial charge is 0.155 e. The molecule has 0 saturated heterocycles. The number of rotatable bonds is 15. The van der Waals surface area contributed by atoms with Crippen molar-refractivity contribution >= 4 is 5.78 Å². The molecule has 0 bridgehead atoms. The van der Waals surface area contributed by atoms with Crippen molar-refractivity contribution in [3.63, 3.8) is 0 Å². The maximum absolute atomic E-state index is 11.0. The number of allylic oxidation sites excluding steroid dienone is 1. The molecule has 0 radical (unpaired) electrons. The zero-order valence-corrected chi connectivity index (χ0v) is 13.1. The Labute approximate surface area is 120 Å². The second-order valence-corrected chi connectivity index (χ2v) is 5.66. The van der Waals surface area contributed by atoms with Gasteiger partial charge in [0.05, 0.1) is 0 Å². The van der Waals surface area contributed by atoms with Crippen molar-refractivity contribution in [1.82, 2.24) is 0 Å². The topological polar surface area (TPSA) is 17.1 Å².